The number of rotatable bonds is 3. The van der Waals surface area contributed by atoms with Crippen molar-refractivity contribution in [3.8, 4) is 5.75 Å². The number of carboxylic acid groups (broad SMARTS) is 1. The van der Waals surface area contributed by atoms with Crippen LogP contribution < -0.4 is 4.74 Å². The smallest absolute Gasteiger partial charge is 0.372 e. The quantitative estimate of drug-likeness (QED) is 0.868. The Labute approximate surface area is 96.9 Å². The van der Waals surface area contributed by atoms with Gasteiger partial charge in [-0.2, -0.15) is 0 Å². The molecule has 1 aliphatic rings. The summed E-state index contributed by atoms with van der Waals surface area (Å²) in [6, 6.07) is 1.89. The molecule has 1 N–H and O–H groups in total. The van der Waals surface area contributed by atoms with Crippen molar-refractivity contribution in [3.63, 3.8) is 0 Å². The molecule has 1 aliphatic carbocycles. The number of nitrogens with zero attached hydrogens (tertiary/aromatic N) is 3. The van der Waals surface area contributed by atoms with Gasteiger partial charge in [0.25, 0.3) is 0 Å². The molecule has 1 saturated carbocycles. The summed E-state index contributed by atoms with van der Waals surface area (Å²) in [4.78, 5) is 19.5. The summed E-state index contributed by atoms with van der Waals surface area (Å²) in [7, 11) is 1.53. The van der Waals surface area contributed by atoms with Crippen LogP contribution >= 0.6 is 0 Å². The highest BCUT2D eigenvalue weighted by molar-refractivity contribution is 5.90. The highest BCUT2D eigenvalue weighted by atomic mass is 16.5. The van der Waals surface area contributed by atoms with Gasteiger partial charge in [0.2, 0.25) is 5.82 Å². The number of ether oxygens (including phenoxy) is 1. The van der Waals surface area contributed by atoms with E-state index >= 15 is 0 Å². The molecule has 0 aliphatic heterocycles. The molecule has 0 spiro atoms. The maximum atomic E-state index is 11.2. The number of fused-ring (bicyclic) bond motifs is 1. The van der Waals surface area contributed by atoms with Gasteiger partial charge in [-0.15, -0.1) is 0 Å². The first-order chi connectivity index (χ1) is 8.22. The van der Waals surface area contributed by atoms with Crippen molar-refractivity contribution in [2.24, 2.45) is 0 Å². The molecular weight excluding hydrogens is 222 g/mol. The van der Waals surface area contributed by atoms with Crippen LogP contribution in [0.4, 0.5) is 0 Å². The summed E-state index contributed by atoms with van der Waals surface area (Å²) in [5.74, 6) is -0.437. The fourth-order valence-corrected chi connectivity index (χ4v) is 1.96. The van der Waals surface area contributed by atoms with Gasteiger partial charge in [-0.25, -0.2) is 14.8 Å². The van der Waals surface area contributed by atoms with Crippen molar-refractivity contribution in [2.45, 2.75) is 18.9 Å². The lowest BCUT2D eigenvalue weighted by Crippen LogP contribution is -2.08. The zero-order valence-corrected chi connectivity index (χ0v) is 9.25. The second-order valence-electron chi connectivity index (χ2n) is 4.03. The maximum absolute atomic E-state index is 11.2. The number of imidazole rings is 1. The highest BCUT2D eigenvalue weighted by Crippen LogP contribution is 2.39. The SMILES string of the molecule is COc1ccnc2c1nc(C(=O)O)n2C1CC1. The molecule has 1 fully saturated rings. The lowest BCUT2D eigenvalue weighted by molar-refractivity contribution is 0.0678. The molecule has 6 heteroatoms. The van der Waals surface area contributed by atoms with Crippen LogP contribution in [0.1, 0.15) is 29.5 Å². The third-order valence-electron chi connectivity index (χ3n) is 2.87. The zero-order valence-electron chi connectivity index (χ0n) is 9.25. The largest absolute Gasteiger partial charge is 0.494 e. The molecule has 2 aromatic heterocycles. The molecule has 0 saturated heterocycles. The van der Waals surface area contributed by atoms with Crippen LogP contribution in [0.5, 0.6) is 5.75 Å². The average molecular weight is 233 g/mol. The molecule has 6 nitrogen and oxygen atoms in total. The topological polar surface area (TPSA) is 77.2 Å². The van der Waals surface area contributed by atoms with Gasteiger partial charge in [0.1, 0.15) is 5.75 Å². The molecule has 0 aromatic carbocycles. The predicted octanol–water partition coefficient (Wildman–Crippen LogP) is 1.47. The Morgan fingerprint density at radius 2 is 2.35 bits per heavy atom. The number of carboxylic acids is 1. The number of aromatic nitrogens is 3. The number of carbonyl (C=O) groups is 1. The molecule has 0 unspecified atom stereocenters. The van der Waals surface area contributed by atoms with E-state index in [1.807, 2.05) is 0 Å². The van der Waals surface area contributed by atoms with E-state index in [-0.39, 0.29) is 11.9 Å². The minimum absolute atomic E-state index is 0.0412. The third kappa shape index (κ3) is 1.44. The molecule has 0 amide bonds. The van der Waals surface area contributed by atoms with E-state index in [1.54, 1.807) is 16.8 Å². The minimum Gasteiger partial charge on any atom is -0.494 e. The lowest BCUT2D eigenvalue weighted by Gasteiger charge is -2.03. The van der Waals surface area contributed by atoms with Crippen LogP contribution in [-0.4, -0.2) is 32.7 Å². The zero-order chi connectivity index (χ0) is 12.0. The summed E-state index contributed by atoms with van der Waals surface area (Å²) in [5.41, 5.74) is 1.10. The Balaban J connectivity index is 2.33. The van der Waals surface area contributed by atoms with Crippen LogP contribution in [0.25, 0.3) is 11.2 Å². The first kappa shape index (κ1) is 10.1. The molecule has 2 aromatic rings. The van der Waals surface area contributed by atoms with Gasteiger partial charge in [-0.05, 0) is 12.8 Å². The predicted molar refractivity (Wildman–Crippen MR) is 59.3 cm³/mol. The van der Waals surface area contributed by atoms with Crippen molar-refractivity contribution in [3.05, 3.63) is 18.1 Å². The van der Waals surface area contributed by atoms with Gasteiger partial charge in [0.15, 0.2) is 11.2 Å². The fraction of sp³-hybridized carbons (Fsp3) is 0.364. The molecule has 3 rings (SSSR count). The Morgan fingerprint density at radius 3 is 2.94 bits per heavy atom. The van der Waals surface area contributed by atoms with Gasteiger partial charge in [0.05, 0.1) is 7.11 Å². The van der Waals surface area contributed by atoms with Crippen LogP contribution in [-0.2, 0) is 0 Å². The minimum atomic E-state index is -1.03. The normalized spacial score (nSPS) is 15.1. The van der Waals surface area contributed by atoms with E-state index in [4.69, 9.17) is 9.84 Å². The number of aromatic carboxylic acids is 1. The van der Waals surface area contributed by atoms with Crippen molar-refractivity contribution >= 4 is 17.1 Å². The van der Waals surface area contributed by atoms with Crippen LogP contribution in [0.15, 0.2) is 12.3 Å². The maximum Gasteiger partial charge on any atom is 0.372 e. The first-order valence-corrected chi connectivity index (χ1v) is 5.36. The molecule has 88 valence electrons. The molecule has 0 bridgehead atoms. The number of hydrogen-bond donors (Lipinski definition) is 1. The molecule has 0 atom stereocenters. The number of pyridine rings is 1. The molecular formula is C11H11N3O3. The Hall–Kier alpha value is -2.11. The van der Waals surface area contributed by atoms with Gasteiger partial charge in [-0.1, -0.05) is 0 Å². The van der Waals surface area contributed by atoms with E-state index < -0.39 is 5.97 Å². The van der Waals surface area contributed by atoms with E-state index in [9.17, 15) is 4.79 Å². The third-order valence-corrected chi connectivity index (χ3v) is 2.87. The standard InChI is InChI=1S/C11H11N3O3/c1-17-7-4-5-12-9-8(7)13-10(11(15)16)14(9)6-2-3-6/h4-6H,2-3H2,1H3,(H,15,16). The van der Waals surface area contributed by atoms with Crippen molar-refractivity contribution in [2.75, 3.05) is 7.11 Å². The van der Waals surface area contributed by atoms with Crippen molar-refractivity contribution in [1.82, 2.24) is 14.5 Å². The average Bonchev–Trinajstić information content (AvgIpc) is 3.08. The monoisotopic (exact) mass is 233 g/mol. The summed E-state index contributed by atoms with van der Waals surface area (Å²) >= 11 is 0. The van der Waals surface area contributed by atoms with E-state index in [0.717, 1.165) is 12.8 Å². The highest BCUT2D eigenvalue weighted by Gasteiger charge is 2.31. The molecule has 0 radical (unpaired) electrons. The van der Waals surface area contributed by atoms with Crippen molar-refractivity contribution in [1.29, 1.82) is 0 Å². The summed E-state index contributed by atoms with van der Waals surface area (Å²) in [6.45, 7) is 0. The van der Waals surface area contributed by atoms with Crippen LogP contribution in [0.3, 0.4) is 0 Å². The fourth-order valence-electron chi connectivity index (χ4n) is 1.96. The summed E-state index contributed by atoms with van der Waals surface area (Å²) < 4.78 is 6.86. The van der Waals surface area contributed by atoms with Gasteiger partial charge in [-0.3, -0.25) is 4.57 Å². The molecule has 2 heterocycles. The van der Waals surface area contributed by atoms with E-state index in [2.05, 4.69) is 9.97 Å². The van der Waals surface area contributed by atoms with E-state index in [0.29, 0.717) is 16.9 Å². The second-order valence-corrected chi connectivity index (χ2v) is 4.03. The summed E-state index contributed by atoms with van der Waals surface area (Å²) in [6.07, 6.45) is 3.56. The first-order valence-electron chi connectivity index (χ1n) is 5.36. The van der Waals surface area contributed by atoms with Gasteiger partial charge >= 0.3 is 5.97 Å². The Bertz CT molecular complexity index is 601. The summed E-state index contributed by atoms with van der Waals surface area (Å²) in [5, 5.41) is 9.16. The van der Waals surface area contributed by atoms with Gasteiger partial charge in [0, 0.05) is 18.3 Å². The number of methoxy groups -OCH3 is 1. The lowest BCUT2D eigenvalue weighted by atomic mass is 10.4. The Kier molecular flexibility index (Phi) is 2.04. The van der Waals surface area contributed by atoms with Gasteiger partial charge < -0.3 is 9.84 Å². The second kappa shape index (κ2) is 3.44. The van der Waals surface area contributed by atoms with Crippen LogP contribution in [0, 0.1) is 0 Å². The van der Waals surface area contributed by atoms with Crippen molar-refractivity contribution < 1.29 is 14.6 Å². The Morgan fingerprint density at radius 1 is 1.59 bits per heavy atom. The van der Waals surface area contributed by atoms with E-state index in [1.165, 1.54) is 7.11 Å². The van der Waals surface area contributed by atoms with Crippen LogP contribution in [0.2, 0.25) is 0 Å². The number of hydrogen-bond acceptors (Lipinski definition) is 4. The molecule has 17 heavy (non-hydrogen) atoms.